The van der Waals surface area contributed by atoms with Crippen LogP contribution in [0.3, 0.4) is 0 Å². The van der Waals surface area contributed by atoms with Gasteiger partial charge in [-0.2, -0.15) is 10.3 Å². The minimum absolute atomic E-state index is 0.0552. The summed E-state index contributed by atoms with van der Waals surface area (Å²) in [5, 5.41) is 10.3. The highest BCUT2D eigenvalue weighted by Crippen LogP contribution is 2.33. The lowest BCUT2D eigenvalue weighted by Crippen LogP contribution is -2.09. The zero-order valence-electron chi connectivity index (χ0n) is 14.7. The molecule has 0 amide bonds. The second kappa shape index (κ2) is 8.17. The van der Waals surface area contributed by atoms with E-state index >= 15 is 0 Å². The summed E-state index contributed by atoms with van der Waals surface area (Å²) in [5.74, 6) is -0.645. The van der Waals surface area contributed by atoms with Crippen LogP contribution >= 0.6 is 0 Å². The Balaban J connectivity index is 1.91. The van der Waals surface area contributed by atoms with Gasteiger partial charge in [0, 0.05) is 5.56 Å². The number of esters is 2. The van der Waals surface area contributed by atoms with E-state index in [0.717, 1.165) is 0 Å². The van der Waals surface area contributed by atoms with Crippen LogP contribution in [0.5, 0.6) is 11.5 Å². The van der Waals surface area contributed by atoms with E-state index in [0.29, 0.717) is 23.6 Å². The molecule has 2 heterocycles. The van der Waals surface area contributed by atoms with Crippen LogP contribution in [0.2, 0.25) is 0 Å². The number of nitrogens with one attached hydrogen (secondary N) is 1. The Morgan fingerprint density at radius 1 is 1.07 bits per heavy atom. The van der Waals surface area contributed by atoms with Crippen molar-refractivity contribution in [3.63, 3.8) is 0 Å². The van der Waals surface area contributed by atoms with Crippen LogP contribution in [0.1, 0.15) is 34.9 Å². The minimum Gasteiger partial charge on any atom is -0.490 e. The summed E-state index contributed by atoms with van der Waals surface area (Å²) in [6.45, 7) is 4.06. The number of aromatic amines is 1. The van der Waals surface area contributed by atoms with E-state index < -0.39 is 11.9 Å². The van der Waals surface area contributed by atoms with Crippen molar-refractivity contribution < 1.29 is 28.2 Å². The normalized spacial score (nSPS) is 10.4. The smallest absolute Gasteiger partial charge is 0.379 e. The van der Waals surface area contributed by atoms with Crippen molar-refractivity contribution in [1.29, 1.82) is 0 Å². The molecule has 0 saturated carbocycles. The largest absolute Gasteiger partial charge is 0.490 e. The molecule has 1 N–H and O–H groups in total. The maximum Gasteiger partial charge on any atom is 0.379 e. The molecule has 0 aliphatic heterocycles. The quantitative estimate of drug-likeness (QED) is 0.498. The zero-order chi connectivity index (χ0) is 19.2. The van der Waals surface area contributed by atoms with Gasteiger partial charge in [-0.05, 0) is 44.2 Å². The molecule has 0 atom stereocenters. The fourth-order valence-corrected chi connectivity index (χ4v) is 2.33. The number of ether oxygens (including phenoxy) is 3. The van der Waals surface area contributed by atoms with Crippen molar-refractivity contribution in [2.75, 3.05) is 13.2 Å². The van der Waals surface area contributed by atoms with Crippen LogP contribution in [0.4, 0.5) is 0 Å². The lowest BCUT2D eigenvalue weighted by Gasteiger charge is -2.11. The lowest BCUT2D eigenvalue weighted by molar-refractivity contribution is 0.0520. The Labute approximate surface area is 154 Å². The summed E-state index contributed by atoms with van der Waals surface area (Å²) in [5.41, 5.74) is 0.908. The van der Waals surface area contributed by atoms with Gasteiger partial charge >= 0.3 is 11.9 Å². The third-order valence-electron chi connectivity index (χ3n) is 3.46. The highest BCUT2D eigenvalue weighted by Gasteiger charge is 2.21. The Bertz CT molecular complexity index is 932. The van der Waals surface area contributed by atoms with Gasteiger partial charge in [0.25, 0.3) is 0 Å². The number of carbonyl (C=O) groups is 2. The molecular weight excluding hydrogens is 354 g/mol. The van der Waals surface area contributed by atoms with E-state index in [2.05, 4.69) is 15.4 Å². The highest BCUT2D eigenvalue weighted by atomic mass is 16.6. The van der Waals surface area contributed by atoms with Crippen LogP contribution < -0.4 is 9.47 Å². The maximum absolute atomic E-state index is 12.1. The number of furan rings is 1. The predicted molar refractivity (Wildman–Crippen MR) is 92.6 cm³/mol. The molecule has 140 valence electrons. The molecule has 0 aliphatic rings. The number of hydrogen-bond acceptors (Lipinski definition) is 8. The second-order valence-electron chi connectivity index (χ2n) is 5.20. The van der Waals surface area contributed by atoms with E-state index in [9.17, 15) is 9.59 Å². The van der Waals surface area contributed by atoms with Crippen LogP contribution in [0, 0.1) is 0 Å². The molecular formula is C18H17N3O6. The van der Waals surface area contributed by atoms with Gasteiger partial charge < -0.3 is 18.6 Å². The molecule has 0 saturated heterocycles. The van der Waals surface area contributed by atoms with Gasteiger partial charge in [-0.15, -0.1) is 5.10 Å². The first-order chi connectivity index (χ1) is 13.1. The molecule has 0 spiro atoms. The number of H-pyrrole nitrogens is 1. The Morgan fingerprint density at radius 2 is 1.93 bits per heavy atom. The van der Waals surface area contributed by atoms with Crippen LogP contribution in [0.15, 0.2) is 41.0 Å². The first-order valence-corrected chi connectivity index (χ1v) is 8.24. The van der Waals surface area contributed by atoms with Crippen LogP contribution in [-0.4, -0.2) is 40.6 Å². The fraction of sp³-hybridized carbons (Fsp3) is 0.222. The van der Waals surface area contributed by atoms with E-state index in [-0.39, 0.29) is 23.8 Å². The van der Waals surface area contributed by atoms with Gasteiger partial charge in [0.2, 0.25) is 5.76 Å². The van der Waals surface area contributed by atoms with E-state index in [4.69, 9.17) is 18.6 Å². The molecule has 3 rings (SSSR count). The molecule has 0 aliphatic carbocycles. The Morgan fingerprint density at radius 3 is 2.63 bits per heavy atom. The third-order valence-corrected chi connectivity index (χ3v) is 3.46. The number of rotatable bonds is 7. The zero-order valence-corrected chi connectivity index (χ0v) is 14.7. The van der Waals surface area contributed by atoms with Gasteiger partial charge in [-0.1, -0.05) is 0 Å². The summed E-state index contributed by atoms with van der Waals surface area (Å²) in [6.07, 6.45) is 1.38. The van der Waals surface area contributed by atoms with Gasteiger partial charge in [0.15, 0.2) is 17.2 Å². The maximum atomic E-state index is 12.1. The molecule has 9 heteroatoms. The topological polar surface area (TPSA) is 117 Å². The molecule has 9 nitrogen and oxygen atoms in total. The standard InChI is InChI=1S/C18H17N3O6/c1-3-24-14-10-11(15-16(20-21-19-15)18(23)25-4-2)7-8-12(14)27-17(22)13-6-5-9-26-13/h5-10H,3-4H2,1-2H3,(H,19,20,21). The SMILES string of the molecule is CCOC(=O)c1n[nH]nc1-c1ccc(OC(=O)c2ccco2)c(OCC)c1. The minimum atomic E-state index is -0.651. The average molecular weight is 371 g/mol. The van der Waals surface area contributed by atoms with Crippen molar-refractivity contribution in [3.8, 4) is 22.8 Å². The van der Waals surface area contributed by atoms with E-state index in [1.54, 1.807) is 38.1 Å². The van der Waals surface area contributed by atoms with Crippen molar-refractivity contribution in [3.05, 3.63) is 48.0 Å². The summed E-state index contributed by atoms with van der Waals surface area (Å²) < 4.78 is 20.9. The average Bonchev–Trinajstić information content (AvgIpc) is 3.35. The number of aromatic nitrogens is 3. The predicted octanol–water partition coefficient (Wildman–Crippen LogP) is 2.86. The summed E-state index contributed by atoms with van der Waals surface area (Å²) >= 11 is 0. The van der Waals surface area contributed by atoms with E-state index in [1.807, 2.05) is 0 Å². The first-order valence-electron chi connectivity index (χ1n) is 8.24. The first kappa shape index (κ1) is 18.2. The van der Waals surface area contributed by atoms with Crippen LogP contribution in [0.25, 0.3) is 11.3 Å². The molecule has 0 bridgehead atoms. The monoisotopic (exact) mass is 371 g/mol. The molecule has 2 aromatic heterocycles. The molecule has 3 aromatic rings. The molecule has 0 unspecified atom stereocenters. The molecule has 27 heavy (non-hydrogen) atoms. The molecule has 0 radical (unpaired) electrons. The van der Waals surface area contributed by atoms with Crippen molar-refractivity contribution in [2.24, 2.45) is 0 Å². The lowest BCUT2D eigenvalue weighted by atomic mass is 10.1. The van der Waals surface area contributed by atoms with Crippen molar-refractivity contribution >= 4 is 11.9 Å². The third kappa shape index (κ3) is 3.97. The summed E-state index contributed by atoms with van der Waals surface area (Å²) in [4.78, 5) is 24.1. The van der Waals surface area contributed by atoms with Crippen molar-refractivity contribution in [1.82, 2.24) is 15.4 Å². The van der Waals surface area contributed by atoms with Gasteiger partial charge in [-0.3, -0.25) is 0 Å². The number of hydrogen-bond donors (Lipinski definition) is 1. The van der Waals surface area contributed by atoms with Crippen LogP contribution in [-0.2, 0) is 4.74 Å². The molecule has 1 aromatic carbocycles. The van der Waals surface area contributed by atoms with Gasteiger partial charge in [-0.25, -0.2) is 9.59 Å². The summed E-state index contributed by atoms with van der Waals surface area (Å²) in [6, 6.07) is 7.87. The van der Waals surface area contributed by atoms with Gasteiger partial charge in [0.05, 0.1) is 19.5 Å². The van der Waals surface area contributed by atoms with Gasteiger partial charge in [0.1, 0.15) is 5.69 Å². The number of carbonyl (C=O) groups excluding carboxylic acids is 2. The fourth-order valence-electron chi connectivity index (χ4n) is 2.33. The van der Waals surface area contributed by atoms with Crippen molar-refractivity contribution in [2.45, 2.75) is 13.8 Å². The van der Waals surface area contributed by atoms with E-state index in [1.165, 1.54) is 12.3 Å². The summed E-state index contributed by atoms with van der Waals surface area (Å²) in [7, 11) is 0. The Kier molecular flexibility index (Phi) is 5.50. The number of benzene rings is 1. The molecule has 0 fully saturated rings. The Hall–Kier alpha value is -3.62. The highest BCUT2D eigenvalue weighted by molar-refractivity contribution is 5.94. The number of nitrogens with zero attached hydrogens (tertiary/aromatic N) is 2. The second-order valence-corrected chi connectivity index (χ2v) is 5.20.